The number of benzene rings is 1. The molecule has 0 aliphatic heterocycles. The lowest BCUT2D eigenvalue weighted by Gasteiger charge is -2.27. The first kappa shape index (κ1) is 21.3. The second-order valence-corrected chi connectivity index (χ2v) is 8.01. The van der Waals surface area contributed by atoms with E-state index in [0.29, 0.717) is 12.1 Å². The smallest absolute Gasteiger partial charge is 0.407 e. The molecule has 0 fully saturated rings. The molecule has 2 heterocycles. The lowest BCUT2D eigenvalue weighted by Crippen LogP contribution is -2.46. The summed E-state index contributed by atoms with van der Waals surface area (Å²) >= 11 is 0. The zero-order chi connectivity index (χ0) is 21.7. The lowest BCUT2D eigenvalue weighted by atomic mass is 10.0. The van der Waals surface area contributed by atoms with E-state index in [1.807, 2.05) is 30.3 Å². The van der Waals surface area contributed by atoms with Gasteiger partial charge in [-0.2, -0.15) is 5.10 Å². The number of hydrogen-bond donors (Lipinski definition) is 1. The number of amides is 1. The van der Waals surface area contributed by atoms with Crippen molar-refractivity contribution in [2.45, 2.75) is 51.9 Å². The molecule has 0 aliphatic carbocycles. The van der Waals surface area contributed by atoms with E-state index in [1.165, 1.54) is 10.7 Å². The molecule has 0 saturated heterocycles. The molecule has 2 atom stereocenters. The fourth-order valence-electron chi connectivity index (χ4n) is 2.93. The molecule has 8 nitrogen and oxygen atoms in total. The second-order valence-electron chi connectivity index (χ2n) is 8.01. The third-order valence-corrected chi connectivity index (χ3v) is 4.34. The highest BCUT2D eigenvalue weighted by atomic mass is 16.6. The van der Waals surface area contributed by atoms with Crippen LogP contribution in [0.2, 0.25) is 0 Å². The molecule has 2 unspecified atom stereocenters. The van der Waals surface area contributed by atoms with E-state index in [0.717, 1.165) is 5.56 Å². The van der Waals surface area contributed by atoms with E-state index >= 15 is 0 Å². The maximum Gasteiger partial charge on any atom is 0.407 e. The monoisotopic (exact) mass is 410 g/mol. The second kappa shape index (κ2) is 8.94. The molecule has 158 valence electrons. The van der Waals surface area contributed by atoms with E-state index in [1.54, 1.807) is 46.2 Å². The highest BCUT2D eigenvalue weighted by molar-refractivity contribution is 5.95. The summed E-state index contributed by atoms with van der Waals surface area (Å²) in [5, 5.41) is 6.90. The van der Waals surface area contributed by atoms with Crippen molar-refractivity contribution in [1.82, 2.24) is 19.9 Å². The van der Waals surface area contributed by atoms with Crippen molar-refractivity contribution in [3.05, 3.63) is 66.1 Å². The Morgan fingerprint density at radius 3 is 2.60 bits per heavy atom. The molecule has 8 heteroatoms. The van der Waals surface area contributed by atoms with Crippen LogP contribution in [0.5, 0.6) is 0 Å². The van der Waals surface area contributed by atoms with Gasteiger partial charge in [-0.15, -0.1) is 0 Å². The predicted molar refractivity (Wildman–Crippen MR) is 111 cm³/mol. The Morgan fingerprint density at radius 2 is 1.90 bits per heavy atom. The maximum absolute atomic E-state index is 12.9. The summed E-state index contributed by atoms with van der Waals surface area (Å²) in [5.74, 6) is -0.553. The molecule has 30 heavy (non-hydrogen) atoms. The van der Waals surface area contributed by atoms with Crippen LogP contribution in [0.3, 0.4) is 0 Å². The first-order chi connectivity index (χ1) is 14.2. The standard InChI is InChI=1S/C22H26N4O4/c1-15(25-21(28)30-22(2,3)4)18(13-16-9-6-5-7-10-16)29-20(27)17-14-24-26-12-8-11-23-19(17)26/h5-12,14-15,18H,13H2,1-4H3,(H,25,28). The minimum absolute atomic E-state index is 0.262. The van der Waals surface area contributed by atoms with Crippen molar-refractivity contribution >= 4 is 17.7 Å². The fraction of sp³-hybridized carbons (Fsp3) is 0.364. The molecule has 1 N–H and O–H groups in total. The number of alkyl carbamates (subject to hydrolysis) is 1. The summed E-state index contributed by atoms with van der Waals surface area (Å²) < 4.78 is 12.6. The number of rotatable bonds is 6. The van der Waals surface area contributed by atoms with Crippen LogP contribution in [0.15, 0.2) is 55.0 Å². The number of carbonyl (C=O) groups excluding carboxylic acids is 2. The minimum Gasteiger partial charge on any atom is -0.456 e. The van der Waals surface area contributed by atoms with Crippen LogP contribution < -0.4 is 5.32 Å². The van der Waals surface area contributed by atoms with Crippen LogP contribution in [0.4, 0.5) is 4.79 Å². The number of fused-ring (bicyclic) bond motifs is 1. The first-order valence-electron chi connectivity index (χ1n) is 9.76. The number of esters is 1. The largest absolute Gasteiger partial charge is 0.456 e. The number of hydrogen-bond acceptors (Lipinski definition) is 6. The molecule has 3 aromatic rings. The van der Waals surface area contributed by atoms with E-state index in [-0.39, 0.29) is 5.56 Å². The summed E-state index contributed by atoms with van der Waals surface area (Å²) in [7, 11) is 0. The summed E-state index contributed by atoms with van der Waals surface area (Å²) in [4.78, 5) is 29.3. The Hall–Kier alpha value is -3.42. The topological polar surface area (TPSA) is 94.8 Å². The molecule has 0 aliphatic rings. The molecule has 0 saturated carbocycles. The van der Waals surface area contributed by atoms with E-state index in [2.05, 4.69) is 15.4 Å². The number of carbonyl (C=O) groups is 2. The van der Waals surface area contributed by atoms with Gasteiger partial charge in [-0.3, -0.25) is 0 Å². The van der Waals surface area contributed by atoms with Crippen LogP contribution in [0.25, 0.3) is 5.65 Å². The number of ether oxygens (including phenoxy) is 2. The zero-order valence-corrected chi connectivity index (χ0v) is 17.5. The molecule has 2 aromatic heterocycles. The molecular formula is C22H26N4O4. The van der Waals surface area contributed by atoms with Crippen molar-refractivity contribution in [3.8, 4) is 0 Å². The van der Waals surface area contributed by atoms with E-state index in [4.69, 9.17) is 9.47 Å². The number of nitrogens with one attached hydrogen (secondary N) is 1. The van der Waals surface area contributed by atoms with Crippen LogP contribution in [-0.4, -0.2) is 44.4 Å². The summed E-state index contributed by atoms with van der Waals surface area (Å²) in [6.45, 7) is 7.14. The van der Waals surface area contributed by atoms with Crippen molar-refractivity contribution < 1.29 is 19.1 Å². The SMILES string of the molecule is CC(NC(=O)OC(C)(C)C)C(Cc1ccccc1)OC(=O)c1cnn2cccnc12. The van der Waals surface area contributed by atoms with E-state index in [9.17, 15) is 9.59 Å². The third kappa shape index (κ3) is 5.56. The third-order valence-electron chi connectivity index (χ3n) is 4.34. The molecule has 1 amide bonds. The molecule has 1 aromatic carbocycles. The van der Waals surface area contributed by atoms with Gasteiger partial charge in [-0.25, -0.2) is 19.1 Å². The van der Waals surface area contributed by atoms with Crippen molar-refractivity contribution in [2.24, 2.45) is 0 Å². The van der Waals surface area contributed by atoms with Gasteiger partial charge in [0.15, 0.2) is 5.65 Å². The molecular weight excluding hydrogens is 384 g/mol. The Kier molecular flexibility index (Phi) is 6.34. The molecule has 0 spiro atoms. The lowest BCUT2D eigenvalue weighted by molar-refractivity contribution is 0.0161. The molecule has 0 radical (unpaired) electrons. The highest BCUT2D eigenvalue weighted by Gasteiger charge is 2.27. The minimum atomic E-state index is -0.627. The quantitative estimate of drug-likeness (QED) is 0.626. The van der Waals surface area contributed by atoms with E-state index < -0.39 is 29.8 Å². The van der Waals surface area contributed by atoms with Gasteiger partial charge in [0.25, 0.3) is 0 Å². The van der Waals surface area contributed by atoms with Gasteiger partial charge in [0.2, 0.25) is 0 Å². The fourth-order valence-corrected chi connectivity index (χ4v) is 2.93. The van der Waals surface area contributed by atoms with Gasteiger partial charge in [-0.1, -0.05) is 30.3 Å². The molecule has 0 bridgehead atoms. The molecule has 3 rings (SSSR count). The van der Waals surface area contributed by atoms with Crippen molar-refractivity contribution in [2.75, 3.05) is 0 Å². The highest BCUT2D eigenvalue weighted by Crippen LogP contribution is 2.16. The van der Waals surface area contributed by atoms with Gasteiger partial charge >= 0.3 is 12.1 Å². The van der Waals surface area contributed by atoms with Crippen LogP contribution in [-0.2, 0) is 15.9 Å². The van der Waals surface area contributed by atoms with Crippen molar-refractivity contribution in [3.63, 3.8) is 0 Å². The van der Waals surface area contributed by atoms with Crippen LogP contribution >= 0.6 is 0 Å². The summed E-state index contributed by atoms with van der Waals surface area (Å²) in [6.07, 6.45) is 3.95. The summed E-state index contributed by atoms with van der Waals surface area (Å²) in [6, 6.07) is 10.9. The average molecular weight is 410 g/mol. The first-order valence-corrected chi connectivity index (χ1v) is 9.76. The van der Waals surface area contributed by atoms with Crippen LogP contribution in [0, 0.1) is 0 Å². The Balaban J connectivity index is 1.78. The van der Waals surface area contributed by atoms with Crippen molar-refractivity contribution in [1.29, 1.82) is 0 Å². The Bertz CT molecular complexity index is 1010. The van der Waals surface area contributed by atoms with Gasteiger partial charge in [0.05, 0.1) is 12.2 Å². The van der Waals surface area contributed by atoms with Gasteiger partial charge < -0.3 is 14.8 Å². The maximum atomic E-state index is 12.9. The normalized spacial score (nSPS) is 13.5. The summed E-state index contributed by atoms with van der Waals surface area (Å²) in [5.41, 5.74) is 1.02. The Labute approximate surface area is 175 Å². The number of nitrogens with zero attached hydrogens (tertiary/aromatic N) is 3. The van der Waals surface area contributed by atoms with Gasteiger partial charge in [-0.05, 0) is 39.3 Å². The van der Waals surface area contributed by atoms with Gasteiger partial charge in [0, 0.05) is 18.8 Å². The van der Waals surface area contributed by atoms with Crippen LogP contribution in [0.1, 0.15) is 43.6 Å². The predicted octanol–water partition coefficient (Wildman–Crippen LogP) is 3.41. The zero-order valence-electron chi connectivity index (χ0n) is 17.5. The average Bonchev–Trinajstić information content (AvgIpc) is 3.11. The van der Waals surface area contributed by atoms with Gasteiger partial charge in [0.1, 0.15) is 17.3 Å². The Morgan fingerprint density at radius 1 is 1.17 bits per heavy atom. The number of aromatic nitrogens is 3.